The highest BCUT2D eigenvalue weighted by atomic mass is 16.5. The van der Waals surface area contributed by atoms with E-state index in [1.165, 1.54) is 6.26 Å². The van der Waals surface area contributed by atoms with E-state index in [1.54, 1.807) is 6.92 Å². The smallest absolute Gasteiger partial charge is 0.236 e. The number of rotatable bonds is 6. The van der Waals surface area contributed by atoms with Gasteiger partial charge in [-0.1, -0.05) is 6.58 Å². The molecule has 1 amide bonds. The predicted molar refractivity (Wildman–Crippen MR) is 47.4 cm³/mol. The molecule has 0 fully saturated rings. The lowest BCUT2D eigenvalue weighted by atomic mass is 10.3. The third-order valence-electron chi connectivity index (χ3n) is 1.27. The van der Waals surface area contributed by atoms with Gasteiger partial charge < -0.3 is 15.8 Å². The summed E-state index contributed by atoms with van der Waals surface area (Å²) in [4.78, 5) is 10.9. The minimum atomic E-state index is -0.440. The van der Waals surface area contributed by atoms with Crippen LogP contribution in [0.1, 0.15) is 13.3 Å². The van der Waals surface area contributed by atoms with Crippen LogP contribution in [0.4, 0.5) is 0 Å². The van der Waals surface area contributed by atoms with Gasteiger partial charge in [0.1, 0.15) is 0 Å². The lowest BCUT2D eigenvalue weighted by Crippen LogP contribution is -2.38. The first kappa shape index (κ1) is 11.0. The average molecular weight is 172 g/mol. The minimum absolute atomic E-state index is 0.131. The maximum atomic E-state index is 10.9. The molecular weight excluding hydrogens is 156 g/mol. The van der Waals surface area contributed by atoms with Gasteiger partial charge in [0.05, 0.1) is 18.9 Å². The fraction of sp³-hybridized carbons (Fsp3) is 0.625. The van der Waals surface area contributed by atoms with E-state index in [2.05, 4.69) is 11.9 Å². The zero-order chi connectivity index (χ0) is 9.40. The van der Waals surface area contributed by atoms with Gasteiger partial charge in [-0.3, -0.25) is 4.79 Å². The maximum Gasteiger partial charge on any atom is 0.236 e. The number of nitrogens with one attached hydrogen (secondary N) is 1. The van der Waals surface area contributed by atoms with E-state index >= 15 is 0 Å². The van der Waals surface area contributed by atoms with Crippen molar-refractivity contribution in [3.63, 3.8) is 0 Å². The number of hydrogen-bond donors (Lipinski definition) is 2. The van der Waals surface area contributed by atoms with Gasteiger partial charge in [0.15, 0.2) is 0 Å². The summed E-state index contributed by atoms with van der Waals surface area (Å²) in [5, 5.41) is 2.66. The first-order chi connectivity index (χ1) is 5.68. The molecule has 0 aromatic carbocycles. The van der Waals surface area contributed by atoms with Crippen LogP contribution in [0.15, 0.2) is 12.8 Å². The predicted octanol–water partition coefficient (Wildman–Crippen LogP) is 0.000000000000000111. The van der Waals surface area contributed by atoms with Crippen molar-refractivity contribution in [3.8, 4) is 0 Å². The van der Waals surface area contributed by atoms with E-state index in [0.29, 0.717) is 13.2 Å². The third kappa shape index (κ3) is 5.73. The maximum absolute atomic E-state index is 10.9. The number of ether oxygens (including phenoxy) is 1. The summed E-state index contributed by atoms with van der Waals surface area (Å²) in [5.41, 5.74) is 5.32. The lowest BCUT2D eigenvalue weighted by Gasteiger charge is -2.06. The molecule has 0 spiro atoms. The molecule has 1 unspecified atom stereocenters. The highest BCUT2D eigenvalue weighted by molar-refractivity contribution is 5.80. The number of amides is 1. The van der Waals surface area contributed by atoms with E-state index in [4.69, 9.17) is 10.5 Å². The SMILES string of the molecule is C=COCCCNC(=O)C(C)N. The van der Waals surface area contributed by atoms with Crippen molar-refractivity contribution in [2.75, 3.05) is 13.2 Å². The fourth-order valence-electron chi connectivity index (χ4n) is 0.611. The van der Waals surface area contributed by atoms with Crippen LogP contribution in [0.2, 0.25) is 0 Å². The molecule has 0 aromatic heterocycles. The molecule has 0 aliphatic heterocycles. The molecule has 3 N–H and O–H groups in total. The molecule has 4 heteroatoms. The molecule has 0 rings (SSSR count). The molecule has 0 aromatic rings. The topological polar surface area (TPSA) is 64.3 Å². The quantitative estimate of drug-likeness (QED) is 0.438. The van der Waals surface area contributed by atoms with Crippen molar-refractivity contribution in [3.05, 3.63) is 12.8 Å². The molecule has 0 aliphatic rings. The second-order valence-electron chi connectivity index (χ2n) is 2.47. The second-order valence-corrected chi connectivity index (χ2v) is 2.47. The summed E-state index contributed by atoms with van der Waals surface area (Å²) >= 11 is 0. The average Bonchev–Trinajstić information content (AvgIpc) is 2.03. The second kappa shape index (κ2) is 6.67. The molecule has 4 nitrogen and oxygen atoms in total. The summed E-state index contributed by atoms with van der Waals surface area (Å²) in [5.74, 6) is -0.131. The summed E-state index contributed by atoms with van der Waals surface area (Å²) in [6, 6.07) is -0.440. The van der Waals surface area contributed by atoms with Crippen molar-refractivity contribution < 1.29 is 9.53 Å². The Labute approximate surface area is 72.8 Å². The van der Waals surface area contributed by atoms with Gasteiger partial charge >= 0.3 is 0 Å². The van der Waals surface area contributed by atoms with Crippen LogP contribution >= 0.6 is 0 Å². The van der Waals surface area contributed by atoms with Crippen molar-refractivity contribution >= 4 is 5.91 Å². The molecule has 70 valence electrons. The summed E-state index contributed by atoms with van der Waals surface area (Å²) in [7, 11) is 0. The molecule has 1 atom stereocenters. The highest BCUT2D eigenvalue weighted by Crippen LogP contribution is 1.81. The number of hydrogen-bond acceptors (Lipinski definition) is 3. The molecule has 0 radical (unpaired) electrons. The van der Waals surface area contributed by atoms with E-state index in [-0.39, 0.29) is 5.91 Å². The summed E-state index contributed by atoms with van der Waals surface area (Å²) < 4.78 is 4.86. The molecule has 0 bridgehead atoms. The number of carbonyl (C=O) groups is 1. The van der Waals surface area contributed by atoms with Gasteiger partial charge in [-0.15, -0.1) is 0 Å². The minimum Gasteiger partial charge on any atom is -0.502 e. The van der Waals surface area contributed by atoms with E-state index in [1.807, 2.05) is 0 Å². The largest absolute Gasteiger partial charge is 0.502 e. The Hall–Kier alpha value is -1.03. The standard InChI is InChI=1S/C8H16N2O2/c1-3-12-6-4-5-10-8(11)7(2)9/h3,7H,1,4-6,9H2,2H3,(H,10,11). The Balaban J connectivity index is 3.19. The Kier molecular flexibility index (Phi) is 6.09. The van der Waals surface area contributed by atoms with Crippen LogP contribution in [0.3, 0.4) is 0 Å². The van der Waals surface area contributed by atoms with Crippen molar-refractivity contribution in [1.82, 2.24) is 5.32 Å². The van der Waals surface area contributed by atoms with Gasteiger partial charge in [-0.2, -0.15) is 0 Å². The zero-order valence-electron chi connectivity index (χ0n) is 7.38. The van der Waals surface area contributed by atoms with Crippen LogP contribution < -0.4 is 11.1 Å². The van der Waals surface area contributed by atoms with Gasteiger partial charge in [0, 0.05) is 6.54 Å². The first-order valence-electron chi connectivity index (χ1n) is 3.94. The van der Waals surface area contributed by atoms with Crippen LogP contribution in [-0.2, 0) is 9.53 Å². The highest BCUT2D eigenvalue weighted by Gasteiger charge is 2.04. The fourth-order valence-corrected chi connectivity index (χ4v) is 0.611. The normalized spacial score (nSPS) is 11.8. The van der Waals surface area contributed by atoms with Crippen molar-refractivity contribution in [2.45, 2.75) is 19.4 Å². The first-order valence-corrected chi connectivity index (χ1v) is 3.94. The number of nitrogens with two attached hydrogens (primary N) is 1. The van der Waals surface area contributed by atoms with Crippen LogP contribution in [0.25, 0.3) is 0 Å². The molecule has 12 heavy (non-hydrogen) atoms. The van der Waals surface area contributed by atoms with E-state index in [0.717, 1.165) is 6.42 Å². The third-order valence-corrected chi connectivity index (χ3v) is 1.27. The Bertz CT molecular complexity index is 146. The Morgan fingerprint density at radius 2 is 2.50 bits per heavy atom. The molecule has 0 heterocycles. The molecule has 0 saturated carbocycles. The monoisotopic (exact) mass is 172 g/mol. The van der Waals surface area contributed by atoms with Gasteiger partial charge in [0.2, 0.25) is 5.91 Å². The zero-order valence-corrected chi connectivity index (χ0v) is 7.38. The van der Waals surface area contributed by atoms with Crippen molar-refractivity contribution in [1.29, 1.82) is 0 Å². The Morgan fingerprint density at radius 1 is 1.83 bits per heavy atom. The van der Waals surface area contributed by atoms with E-state index < -0.39 is 6.04 Å². The van der Waals surface area contributed by atoms with Gasteiger partial charge in [-0.05, 0) is 13.3 Å². The summed E-state index contributed by atoms with van der Waals surface area (Å²) in [6.07, 6.45) is 2.15. The number of carbonyl (C=O) groups excluding carboxylic acids is 1. The summed E-state index contributed by atoms with van der Waals surface area (Å²) in [6.45, 7) is 6.20. The van der Waals surface area contributed by atoms with Crippen molar-refractivity contribution in [2.24, 2.45) is 5.73 Å². The van der Waals surface area contributed by atoms with Gasteiger partial charge in [-0.25, -0.2) is 0 Å². The van der Waals surface area contributed by atoms with Crippen LogP contribution in [0, 0.1) is 0 Å². The lowest BCUT2D eigenvalue weighted by molar-refractivity contribution is -0.121. The molecule has 0 saturated heterocycles. The molecular formula is C8H16N2O2. The van der Waals surface area contributed by atoms with Crippen LogP contribution in [0.5, 0.6) is 0 Å². The van der Waals surface area contributed by atoms with Crippen LogP contribution in [-0.4, -0.2) is 25.1 Å². The van der Waals surface area contributed by atoms with Gasteiger partial charge in [0.25, 0.3) is 0 Å². The Morgan fingerprint density at radius 3 is 3.00 bits per heavy atom. The van der Waals surface area contributed by atoms with E-state index in [9.17, 15) is 4.79 Å². The molecule has 0 aliphatic carbocycles.